The van der Waals surface area contributed by atoms with Crippen LogP contribution in [0.1, 0.15) is 0 Å². The van der Waals surface area contributed by atoms with Crippen LogP contribution in [-0.4, -0.2) is 13.7 Å². The minimum atomic E-state index is 1.10. The molecule has 3 heteroatoms. The zero-order valence-electron chi connectivity index (χ0n) is 31.0. The van der Waals surface area contributed by atoms with Crippen LogP contribution in [0, 0.1) is 0 Å². The Kier molecular flexibility index (Phi) is 6.93. The molecular weight excluding hydrogens is 691 g/mol. The normalized spacial score (nSPS) is 11.9. The molecule has 8 bridgehead atoms. The van der Waals surface area contributed by atoms with Gasteiger partial charge in [0.05, 0.1) is 22.4 Å². The second-order valence-electron chi connectivity index (χ2n) is 15.0. The average molecular weight is 726 g/mol. The highest BCUT2D eigenvalue weighted by atomic mass is 15.0. The molecule has 0 amide bonds. The van der Waals surface area contributed by atoms with Crippen LogP contribution < -0.4 is 0 Å². The fourth-order valence-corrected chi connectivity index (χ4v) is 9.25. The van der Waals surface area contributed by atoms with Crippen LogP contribution >= 0.6 is 0 Å². The molecule has 0 fully saturated rings. The third kappa shape index (κ3) is 4.92. The Hall–Kier alpha value is -7.62. The first-order valence-corrected chi connectivity index (χ1v) is 19.6. The van der Waals surface area contributed by atoms with Crippen molar-refractivity contribution in [2.75, 3.05) is 0 Å². The standard InChI is InChI=1S/C54H35N3/c1-2-16-41(17-3-1)55-42-18-8-14-39(32-42)40-15-9-19-43(33-40)56(45-31-29-38-27-26-37-28-30-44(55)34-48(37)49(38)35-45)52-24-11-25-53-54(52)47-21-6-7-22-51(47)57(53)50-23-10-13-36-12-4-5-20-46(36)50/h1-35H. The predicted octanol–water partition coefficient (Wildman–Crippen LogP) is 14.4. The predicted molar refractivity (Wildman–Crippen MR) is 242 cm³/mol. The molecule has 2 heterocycles. The van der Waals surface area contributed by atoms with E-state index in [9.17, 15) is 0 Å². The van der Waals surface area contributed by atoms with Gasteiger partial charge in [-0.1, -0.05) is 127 Å². The van der Waals surface area contributed by atoms with Crippen molar-refractivity contribution in [3.63, 3.8) is 0 Å². The minimum Gasteiger partial charge on any atom is -0.310 e. The van der Waals surface area contributed by atoms with Crippen LogP contribution in [0.4, 0.5) is 0 Å². The second kappa shape index (κ2) is 12.5. The molecule has 3 nitrogen and oxygen atoms in total. The highest BCUT2D eigenvalue weighted by molar-refractivity contribution is 6.15. The second-order valence-corrected chi connectivity index (χ2v) is 15.0. The lowest BCUT2D eigenvalue weighted by Crippen LogP contribution is -1.99. The monoisotopic (exact) mass is 725 g/mol. The van der Waals surface area contributed by atoms with Crippen molar-refractivity contribution in [1.82, 2.24) is 13.7 Å². The molecule has 12 rings (SSSR count). The zero-order chi connectivity index (χ0) is 37.5. The summed E-state index contributed by atoms with van der Waals surface area (Å²) in [6.07, 6.45) is 0. The molecule has 2 aromatic heterocycles. The third-order valence-electron chi connectivity index (χ3n) is 11.8. The van der Waals surface area contributed by atoms with E-state index < -0.39 is 0 Å². The van der Waals surface area contributed by atoms with E-state index in [4.69, 9.17) is 0 Å². The van der Waals surface area contributed by atoms with Crippen molar-refractivity contribution in [2.24, 2.45) is 0 Å². The third-order valence-corrected chi connectivity index (χ3v) is 11.8. The highest BCUT2D eigenvalue weighted by Crippen LogP contribution is 2.39. The van der Waals surface area contributed by atoms with E-state index >= 15 is 0 Å². The van der Waals surface area contributed by atoms with Gasteiger partial charge in [0, 0.05) is 43.9 Å². The van der Waals surface area contributed by atoms with Gasteiger partial charge in [-0.15, -0.1) is 0 Å². The molecule has 0 aliphatic carbocycles. The quantitative estimate of drug-likeness (QED) is 0.161. The summed E-state index contributed by atoms with van der Waals surface area (Å²) >= 11 is 0. The zero-order valence-corrected chi connectivity index (χ0v) is 31.0. The van der Waals surface area contributed by atoms with Crippen LogP contribution in [0.15, 0.2) is 212 Å². The number of hydrogen-bond donors (Lipinski definition) is 0. The molecule has 0 saturated heterocycles. The molecule has 0 aliphatic rings. The van der Waals surface area contributed by atoms with Gasteiger partial charge in [0.25, 0.3) is 0 Å². The van der Waals surface area contributed by atoms with E-state index in [1.54, 1.807) is 0 Å². The Labute approximate surface area is 328 Å². The minimum absolute atomic E-state index is 1.10. The number of rotatable bonds is 3. The van der Waals surface area contributed by atoms with Gasteiger partial charge in [-0.2, -0.15) is 0 Å². The smallest absolute Gasteiger partial charge is 0.0562 e. The lowest BCUT2D eigenvalue weighted by molar-refractivity contribution is 1.16. The van der Waals surface area contributed by atoms with E-state index in [1.165, 1.54) is 59.8 Å². The summed E-state index contributed by atoms with van der Waals surface area (Å²) in [5.41, 5.74) is 10.2. The Morgan fingerprint density at radius 3 is 1.49 bits per heavy atom. The maximum absolute atomic E-state index is 2.47. The molecule has 0 radical (unpaired) electrons. The molecule has 0 atom stereocenters. The Bertz CT molecular complexity index is 3630. The number of benzene rings is 10. The van der Waals surface area contributed by atoms with Crippen molar-refractivity contribution in [1.29, 1.82) is 0 Å². The van der Waals surface area contributed by atoms with Crippen LogP contribution in [-0.2, 0) is 0 Å². The van der Waals surface area contributed by atoms with Gasteiger partial charge in [0.1, 0.15) is 0 Å². The van der Waals surface area contributed by atoms with E-state index in [0.717, 1.165) is 44.2 Å². The molecule has 0 saturated carbocycles. The van der Waals surface area contributed by atoms with Crippen LogP contribution in [0.3, 0.4) is 0 Å². The van der Waals surface area contributed by atoms with Gasteiger partial charge in [-0.05, 0) is 123 Å². The summed E-state index contributed by atoms with van der Waals surface area (Å²) in [6.45, 7) is 0. The molecule has 12 aromatic rings. The van der Waals surface area contributed by atoms with E-state index in [2.05, 4.69) is 226 Å². The van der Waals surface area contributed by atoms with Gasteiger partial charge in [0.2, 0.25) is 0 Å². The van der Waals surface area contributed by atoms with Gasteiger partial charge in [-0.3, -0.25) is 0 Å². The van der Waals surface area contributed by atoms with Gasteiger partial charge in [0.15, 0.2) is 0 Å². The Morgan fingerprint density at radius 1 is 0.246 bits per heavy atom. The number of nitrogens with zero attached hydrogens (tertiary/aromatic N) is 3. The molecule has 57 heavy (non-hydrogen) atoms. The molecule has 0 spiro atoms. The van der Waals surface area contributed by atoms with Gasteiger partial charge < -0.3 is 13.7 Å². The summed E-state index contributed by atoms with van der Waals surface area (Å²) < 4.78 is 7.30. The van der Waals surface area contributed by atoms with Crippen LogP contribution in [0.2, 0.25) is 0 Å². The van der Waals surface area contributed by atoms with Gasteiger partial charge >= 0.3 is 0 Å². The molecular formula is C54H35N3. The topological polar surface area (TPSA) is 14.8 Å². The molecule has 10 aromatic carbocycles. The summed E-state index contributed by atoms with van der Waals surface area (Å²) in [6, 6.07) is 78.0. The first kappa shape index (κ1) is 31.7. The van der Waals surface area contributed by atoms with Crippen molar-refractivity contribution < 1.29 is 0 Å². The largest absolute Gasteiger partial charge is 0.310 e. The molecule has 0 N–H and O–H groups in total. The Morgan fingerprint density at radius 2 is 0.737 bits per heavy atom. The fraction of sp³-hybridized carbons (Fsp3) is 0. The maximum Gasteiger partial charge on any atom is 0.0562 e. The molecule has 0 unspecified atom stereocenters. The van der Waals surface area contributed by atoms with Crippen molar-refractivity contribution in [2.45, 2.75) is 0 Å². The molecule has 266 valence electrons. The first-order chi connectivity index (χ1) is 28.3. The summed E-state index contributed by atoms with van der Waals surface area (Å²) in [7, 11) is 0. The van der Waals surface area contributed by atoms with Crippen LogP contribution in [0.25, 0.3) is 104 Å². The number of hydrogen-bond acceptors (Lipinski definition) is 0. The maximum atomic E-state index is 2.47. The lowest BCUT2D eigenvalue weighted by Gasteiger charge is -2.16. The first-order valence-electron chi connectivity index (χ1n) is 19.6. The molecule has 0 aliphatic heterocycles. The van der Waals surface area contributed by atoms with Crippen molar-refractivity contribution in [3.8, 4) is 17.1 Å². The van der Waals surface area contributed by atoms with E-state index in [1.807, 2.05) is 0 Å². The SMILES string of the molecule is c1ccc(-n2c3cccc(c3)c3cccc(c3)n(-c3cccc4c3c3ccccc3n4-c3cccc4ccccc34)c3ccc4ccc5ccc2cc5c4c3)cc1. The Balaban J connectivity index is 1.27. The van der Waals surface area contributed by atoms with E-state index in [0.29, 0.717) is 0 Å². The van der Waals surface area contributed by atoms with Crippen molar-refractivity contribution >= 4 is 87.0 Å². The highest BCUT2D eigenvalue weighted by Gasteiger charge is 2.18. The van der Waals surface area contributed by atoms with Crippen molar-refractivity contribution in [3.05, 3.63) is 212 Å². The average Bonchev–Trinajstić information content (AvgIpc) is 3.61. The van der Waals surface area contributed by atoms with Gasteiger partial charge in [-0.25, -0.2) is 0 Å². The van der Waals surface area contributed by atoms with Crippen LogP contribution in [0.5, 0.6) is 0 Å². The fourth-order valence-electron chi connectivity index (χ4n) is 9.25. The summed E-state index contributed by atoms with van der Waals surface area (Å²) in [4.78, 5) is 0. The van der Waals surface area contributed by atoms with E-state index in [-0.39, 0.29) is 0 Å². The number of fused-ring (bicyclic) bond motifs is 11. The number of aromatic nitrogens is 3. The summed E-state index contributed by atoms with van der Waals surface area (Å²) in [5, 5.41) is 12.1. The summed E-state index contributed by atoms with van der Waals surface area (Å²) in [5.74, 6) is 0. The lowest BCUT2D eigenvalue weighted by atomic mass is 10.0. The number of para-hydroxylation sites is 2.